The van der Waals surface area contributed by atoms with E-state index in [2.05, 4.69) is 4.74 Å². The van der Waals surface area contributed by atoms with Crippen LogP contribution in [0.1, 0.15) is 24.1 Å². The molecule has 2 aromatic carbocycles. The van der Waals surface area contributed by atoms with E-state index in [1.165, 1.54) is 24.3 Å². The van der Waals surface area contributed by atoms with Gasteiger partial charge in [-0.3, -0.25) is 0 Å². The quantitative estimate of drug-likeness (QED) is 0.906. The van der Waals surface area contributed by atoms with E-state index in [4.69, 9.17) is 10.5 Å². The second-order valence-corrected chi connectivity index (χ2v) is 4.60. The van der Waals surface area contributed by atoms with Gasteiger partial charge in [0.1, 0.15) is 11.5 Å². The Morgan fingerprint density at radius 3 is 1.77 bits per heavy atom. The van der Waals surface area contributed by atoms with Crippen molar-refractivity contribution in [2.45, 2.75) is 19.3 Å². The van der Waals surface area contributed by atoms with Crippen molar-refractivity contribution < 1.29 is 22.6 Å². The van der Waals surface area contributed by atoms with Gasteiger partial charge in [-0.05, 0) is 42.3 Å². The fourth-order valence-corrected chi connectivity index (χ4v) is 2.01. The number of benzene rings is 2. The number of ether oxygens (including phenoxy) is 2. The van der Waals surface area contributed by atoms with Gasteiger partial charge in [-0.2, -0.15) is 0 Å². The number of alkyl halides is 3. The number of hydrogen-bond donors (Lipinski definition) is 1. The monoisotopic (exact) mass is 311 g/mol. The highest BCUT2D eigenvalue weighted by Gasteiger charge is 2.31. The van der Waals surface area contributed by atoms with Crippen LogP contribution >= 0.6 is 0 Å². The lowest BCUT2D eigenvalue weighted by Gasteiger charge is -2.14. The minimum absolute atomic E-state index is 0.268. The average molecular weight is 311 g/mol. The Hall–Kier alpha value is -2.21. The van der Waals surface area contributed by atoms with Crippen molar-refractivity contribution in [2.24, 2.45) is 5.73 Å². The molecule has 0 saturated heterocycles. The second kappa shape index (κ2) is 6.70. The average Bonchev–Trinajstić information content (AvgIpc) is 2.47. The highest BCUT2D eigenvalue weighted by atomic mass is 19.4. The van der Waals surface area contributed by atoms with E-state index in [1.54, 1.807) is 12.1 Å². The third kappa shape index (κ3) is 4.39. The molecular formula is C16H16F3NO2. The van der Waals surface area contributed by atoms with Gasteiger partial charge in [0.2, 0.25) is 0 Å². The van der Waals surface area contributed by atoms with Gasteiger partial charge in [0.05, 0.1) is 12.6 Å². The number of nitrogens with two attached hydrogens (primary N) is 1. The molecule has 0 spiro atoms. The Balaban J connectivity index is 2.10. The summed E-state index contributed by atoms with van der Waals surface area (Å²) >= 11 is 0. The van der Waals surface area contributed by atoms with E-state index >= 15 is 0 Å². The first-order valence-corrected chi connectivity index (χ1v) is 6.73. The van der Waals surface area contributed by atoms with Crippen molar-refractivity contribution in [1.82, 2.24) is 0 Å². The van der Waals surface area contributed by atoms with Crippen LogP contribution in [0, 0.1) is 0 Å². The maximum atomic E-state index is 12.1. The van der Waals surface area contributed by atoms with Crippen molar-refractivity contribution in [3.63, 3.8) is 0 Å². The first-order valence-electron chi connectivity index (χ1n) is 6.73. The standard InChI is InChI=1S/C16H16F3NO2/c1-2-21-13-7-3-11(4-8-13)15(20)12-5-9-14(10-6-12)22-16(17,18)19/h3-10,15H,2,20H2,1H3/t15-/m1/s1. The van der Waals surface area contributed by atoms with Gasteiger partial charge in [-0.15, -0.1) is 13.2 Å². The molecule has 1 atom stereocenters. The van der Waals surface area contributed by atoms with Crippen LogP contribution in [0.2, 0.25) is 0 Å². The maximum Gasteiger partial charge on any atom is 0.573 e. The number of rotatable bonds is 5. The highest BCUT2D eigenvalue weighted by Crippen LogP contribution is 2.26. The van der Waals surface area contributed by atoms with E-state index in [0.717, 1.165) is 11.3 Å². The van der Waals surface area contributed by atoms with Gasteiger partial charge in [-0.1, -0.05) is 24.3 Å². The topological polar surface area (TPSA) is 44.5 Å². The predicted octanol–water partition coefficient (Wildman–Crippen LogP) is 4.03. The van der Waals surface area contributed by atoms with Crippen molar-refractivity contribution in [2.75, 3.05) is 6.61 Å². The highest BCUT2D eigenvalue weighted by molar-refractivity contribution is 5.37. The Morgan fingerprint density at radius 2 is 1.36 bits per heavy atom. The van der Waals surface area contributed by atoms with Crippen molar-refractivity contribution in [1.29, 1.82) is 0 Å². The summed E-state index contributed by atoms with van der Waals surface area (Å²) in [6.07, 6.45) is -4.70. The van der Waals surface area contributed by atoms with Gasteiger partial charge in [0, 0.05) is 0 Å². The van der Waals surface area contributed by atoms with E-state index in [-0.39, 0.29) is 5.75 Å². The summed E-state index contributed by atoms with van der Waals surface area (Å²) in [4.78, 5) is 0. The van der Waals surface area contributed by atoms with Crippen LogP contribution in [0.4, 0.5) is 13.2 Å². The molecule has 2 N–H and O–H groups in total. The van der Waals surface area contributed by atoms with Crippen LogP contribution in [0.5, 0.6) is 11.5 Å². The molecule has 0 aromatic heterocycles. The van der Waals surface area contributed by atoms with E-state index in [0.29, 0.717) is 12.2 Å². The fraction of sp³-hybridized carbons (Fsp3) is 0.250. The molecule has 0 unspecified atom stereocenters. The normalized spacial score (nSPS) is 12.8. The van der Waals surface area contributed by atoms with Gasteiger partial charge in [0.25, 0.3) is 0 Å². The molecule has 2 aromatic rings. The Morgan fingerprint density at radius 1 is 0.909 bits per heavy atom. The second-order valence-electron chi connectivity index (χ2n) is 4.60. The molecule has 0 saturated carbocycles. The molecule has 22 heavy (non-hydrogen) atoms. The van der Waals surface area contributed by atoms with Crippen molar-refractivity contribution >= 4 is 0 Å². The van der Waals surface area contributed by atoms with Gasteiger partial charge >= 0.3 is 6.36 Å². The van der Waals surface area contributed by atoms with Crippen LogP contribution in [-0.4, -0.2) is 13.0 Å². The zero-order valence-corrected chi connectivity index (χ0v) is 11.9. The summed E-state index contributed by atoms with van der Waals surface area (Å²) in [6, 6.07) is 12.4. The third-order valence-corrected chi connectivity index (χ3v) is 3.02. The lowest BCUT2D eigenvalue weighted by atomic mass is 9.99. The minimum Gasteiger partial charge on any atom is -0.494 e. The molecule has 0 aliphatic rings. The summed E-state index contributed by atoms with van der Waals surface area (Å²) in [5, 5.41) is 0. The molecule has 0 aliphatic heterocycles. The molecule has 0 bridgehead atoms. The van der Waals surface area contributed by atoms with Crippen molar-refractivity contribution in [3.8, 4) is 11.5 Å². The molecule has 3 nitrogen and oxygen atoms in total. The summed E-state index contributed by atoms with van der Waals surface area (Å²) in [6.45, 7) is 2.47. The molecule has 0 radical (unpaired) electrons. The Labute approximate surface area is 126 Å². The smallest absolute Gasteiger partial charge is 0.494 e. The van der Waals surface area contributed by atoms with E-state index in [1.807, 2.05) is 19.1 Å². The molecule has 2 rings (SSSR count). The molecule has 6 heteroatoms. The Kier molecular flexibility index (Phi) is 4.92. The lowest BCUT2D eigenvalue weighted by Crippen LogP contribution is -2.17. The molecular weight excluding hydrogens is 295 g/mol. The van der Waals surface area contributed by atoms with Gasteiger partial charge in [-0.25, -0.2) is 0 Å². The lowest BCUT2D eigenvalue weighted by molar-refractivity contribution is -0.274. The zero-order chi connectivity index (χ0) is 16.2. The SMILES string of the molecule is CCOc1ccc([C@@H](N)c2ccc(OC(F)(F)F)cc2)cc1. The first kappa shape index (κ1) is 16.2. The summed E-state index contributed by atoms with van der Waals surface area (Å²) in [5.41, 5.74) is 7.65. The van der Waals surface area contributed by atoms with E-state index < -0.39 is 12.4 Å². The van der Waals surface area contributed by atoms with E-state index in [9.17, 15) is 13.2 Å². The molecule has 0 heterocycles. The van der Waals surface area contributed by atoms with Gasteiger partial charge in [0.15, 0.2) is 0 Å². The van der Waals surface area contributed by atoms with Crippen LogP contribution in [0.3, 0.4) is 0 Å². The van der Waals surface area contributed by atoms with Crippen LogP contribution in [0.15, 0.2) is 48.5 Å². The number of halogens is 3. The maximum absolute atomic E-state index is 12.1. The van der Waals surface area contributed by atoms with Crippen LogP contribution < -0.4 is 15.2 Å². The van der Waals surface area contributed by atoms with Crippen LogP contribution in [0.25, 0.3) is 0 Å². The summed E-state index contributed by atoms with van der Waals surface area (Å²) in [7, 11) is 0. The summed E-state index contributed by atoms with van der Waals surface area (Å²) < 4.78 is 45.5. The largest absolute Gasteiger partial charge is 0.573 e. The zero-order valence-electron chi connectivity index (χ0n) is 11.9. The molecule has 118 valence electrons. The molecule has 0 fully saturated rings. The number of hydrogen-bond acceptors (Lipinski definition) is 3. The third-order valence-electron chi connectivity index (χ3n) is 3.02. The Bertz CT molecular complexity index is 594. The fourth-order valence-electron chi connectivity index (χ4n) is 2.01. The molecule has 0 aliphatic carbocycles. The van der Waals surface area contributed by atoms with Crippen LogP contribution in [-0.2, 0) is 0 Å². The minimum atomic E-state index is -4.70. The molecule has 0 amide bonds. The first-order chi connectivity index (χ1) is 10.4. The van der Waals surface area contributed by atoms with Crippen molar-refractivity contribution in [3.05, 3.63) is 59.7 Å². The van der Waals surface area contributed by atoms with Gasteiger partial charge < -0.3 is 15.2 Å². The predicted molar refractivity (Wildman–Crippen MR) is 76.8 cm³/mol. The summed E-state index contributed by atoms with van der Waals surface area (Å²) in [5.74, 6) is 0.475.